The van der Waals surface area contributed by atoms with Crippen molar-refractivity contribution in [3.63, 3.8) is 0 Å². The van der Waals surface area contributed by atoms with Gasteiger partial charge in [0.2, 0.25) is 0 Å². The van der Waals surface area contributed by atoms with E-state index >= 15 is 0 Å². The number of hydrogen-bond donors (Lipinski definition) is 2. The molecule has 1 aliphatic carbocycles. The molecule has 0 bridgehead atoms. The highest BCUT2D eigenvalue weighted by molar-refractivity contribution is 5.39. The van der Waals surface area contributed by atoms with Gasteiger partial charge in [0, 0.05) is 5.54 Å². The van der Waals surface area contributed by atoms with E-state index in [1.807, 2.05) is 20.0 Å². The summed E-state index contributed by atoms with van der Waals surface area (Å²) in [5.74, 6) is 0.966. The molecule has 0 radical (unpaired) electrons. The lowest BCUT2D eigenvalue weighted by Gasteiger charge is -2.24. The lowest BCUT2D eigenvalue weighted by Crippen LogP contribution is -2.38. The van der Waals surface area contributed by atoms with Crippen LogP contribution < -0.4 is 15.8 Å². The molecule has 0 spiro atoms. The van der Waals surface area contributed by atoms with Gasteiger partial charge in [0.1, 0.15) is 5.75 Å². The Morgan fingerprint density at radius 3 is 2.65 bits per heavy atom. The summed E-state index contributed by atoms with van der Waals surface area (Å²) in [5.41, 5.74) is 8.67. The van der Waals surface area contributed by atoms with E-state index in [0.29, 0.717) is 6.61 Å². The van der Waals surface area contributed by atoms with Gasteiger partial charge in [0.15, 0.2) is 0 Å². The zero-order chi connectivity index (χ0) is 12.5. The van der Waals surface area contributed by atoms with Crippen LogP contribution in [0.2, 0.25) is 0 Å². The SMILES string of the molecule is CCOc1ccc(C(NC)C2(N)CC2)cc1C. The van der Waals surface area contributed by atoms with E-state index < -0.39 is 0 Å². The molecule has 3 nitrogen and oxygen atoms in total. The van der Waals surface area contributed by atoms with E-state index in [2.05, 4.69) is 24.4 Å². The van der Waals surface area contributed by atoms with Gasteiger partial charge < -0.3 is 15.8 Å². The average molecular weight is 234 g/mol. The summed E-state index contributed by atoms with van der Waals surface area (Å²) in [7, 11) is 1.98. The standard InChI is InChI=1S/C14H22N2O/c1-4-17-12-6-5-11(9-10(12)2)13(16-3)14(15)7-8-14/h5-6,9,13,16H,4,7-8,15H2,1-3H3. The van der Waals surface area contributed by atoms with Gasteiger partial charge in [-0.25, -0.2) is 0 Å². The van der Waals surface area contributed by atoms with Crippen LogP contribution in [-0.4, -0.2) is 19.2 Å². The van der Waals surface area contributed by atoms with Crippen LogP contribution in [0.1, 0.15) is 36.9 Å². The van der Waals surface area contributed by atoms with Crippen LogP contribution in [0.3, 0.4) is 0 Å². The zero-order valence-corrected chi connectivity index (χ0v) is 10.9. The maximum atomic E-state index is 6.29. The minimum atomic E-state index is -0.0473. The Labute approximate surface area is 103 Å². The second-order valence-corrected chi connectivity index (χ2v) is 4.91. The van der Waals surface area contributed by atoms with Crippen LogP contribution in [-0.2, 0) is 0 Å². The molecule has 1 aliphatic rings. The number of likely N-dealkylation sites (N-methyl/N-ethyl adjacent to an activating group) is 1. The summed E-state index contributed by atoms with van der Waals surface area (Å²) in [6.45, 7) is 4.79. The molecule has 0 aromatic heterocycles. The van der Waals surface area contributed by atoms with Gasteiger partial charge in [0.05, 0.1) is 12.6 Å². The molecular weight excluding hydrogens is 212 g/mol. The number of aryl methyl sites for hydroxylation is 1. The van der Waals surface area contributed by atoms with Crippen LogP contribution in [0.25, 0.3) is 0 Å². The highest BCUT2D eigenvalue weighted by Crippen LogP contribution is 2.43. The minimum Gasteiger partial charge on any atom is -0.494 e. The quantitative estimate of drug-likeness (QED) is 0.820. The number of nitrogens with two attached hydrogens (primary N) is 1. The van der Waals surface area contributed by atoms with E-state index in [1.165, 1.54) is 11.1 Å². The normalized spacial score (nSPS) is 18.8. The molecule has 0 aliphatic heterocycles. The van der Waals surface area contributed by atoms with E-state index in [9.17, 15) is 0 Å². The van der Waals surface area contributed by atoms with Crippen LogP contribution in [0.5, 0.6) is 5.75 Å². The Morgan fingerprint density at radius 2 is 2.18 bits per heavy atom. The van der Waals surface area contributed by atoms with Crippen LogP contribution in [0, 0.1) is 6.92 Å². The third kappa shape index (κ3) is 2.45. The Bertz CT molecular complexity index is 399. The molecule has 17 heavy (non-hydrogen) atoms. The van der Waals surface area contributed by atoms with E-state index in [4.69, 9.17) is 10.5 Å². The third-order valence-corrected chi connectivity index (χ3v) is 3.52. The van der Waals surface area contributed by atoms with Crippen molar-refractivity contribution in [2.75, 3.05) is 13.7 Å². The maximum absolute atomic E-state index is 6.29. The topological polar surface area (TPSA) is 47.3 Å². The predicted octanol–water partition coefficient (Wildman–Crippen LogP) is 2.15. The average Bonchev–Trinajstić information content (AvgIpc) is 3.02. The first-order valence-corrected chi connectivity index (χ1v) is 6.30. The largest absolute Gasteiger partial charge is 0.494 e. The van der Waals surface area contributed by atoms with Crippen molar-refractivity contribution in [2.24, 2.45) is 5.73 Å². The number of ether oxygens (including phenoxy) is 1. The van der Waals surface area contributed by atoms with Gasteiger partial charge in [-0.3, -0.25) is 0 Å². The first kappa shape index (κ1) is 12.4. The monoisotopic (exact) mass is 234 g/mol. The van der Waals surface area contributed by atoms with Crippen LogP contribution in [0.15, 0.2) is 18.2 Å². The Kier molecular flexibility index (Phi) is 3.40. The fourth-order valence-corrected chi connectivity index (χ4v) is 2.39. The smallest absolute Gasteiger partial charge is 0.122 e. The number of rotatable bonds is 5. The van der Waals surface area contributed by atoms with Crippen molar-refractivity contribution in [3.8, 4) is 5.75 Å². The molecule has 1 fully saturated rings. The Morgan fingerprint density at radius 1 is 1.47 bits per heavy atom. The van der Waals surface area contributed by atoms with Gasteiger partial charge in [-0.2, -0.15) is 0 Å². The van der Waals surface area contributed by atoms with Gasteiger partial charge in [0.25, 0.3) is 0 Å². The van der Waals surface area contributed by atoms with Crippen molar-refractivity contribution in [2.45, 2.75) is 38.3 Å². The molecule has 1 aromatic carbocycles. The molecule has 3 heteroatoms. The van der Waals surface area contributed by atoms with Gasteiger partial charge in [-0.1, -0.05) is 12.1 Å². The molecule has 94 valence electrons. The van der Waals surface area contributed by atoms with Crippen LogP contribution in [0.4, 0.5) is 0 Å². The summed E-state index contributed by atoms with van der Waals surface area (Å²) in [6.07, 6.45) is 2.20. The van der Waals surface area contributed by atoms with Crippen molar-refractivity contribution in [1.82, 2.24) is 5.32 Å². The van der Waals surface area contributed by atoms with Crippen LogP contribution >= 0.6 is 0 Å². The van der Waals surface area contributed by atoms with Crippen molar-refractivity contribution in [3.05, 3.63) is 29.3 Å². The van der Waals surface area contributed by atoms with Gasteiger partial charge in [-0.05, 0) is 50.9 Å². The number of nitrogens with one attached hydrogen (secondary N) is 1. The summed E-state index contributed by atoms with van der Waals surface area (Å²) in [4.78, 5) is 0. The van der Waals surface area contributed by atoms with Gasteiger partial charge in [-0.15, -0.1) is 0 Å². The minimum absolute atomic E-state index is 0.0473. The van der Waals surface area contributed by atoms with Crippen molar-refractivity contribution in [1.29, 1.82) is 0 Å². The fourth-order valence-electron chi connectivity index (χ4n) is 2.39. The van der Waals surface area contributed by atoms with Crippen molar-refractivity contribution >= 4 is 0 Å². The lowest BCUT2D eigenvalue weighted by molar-refractivity contribution is 0.337. The molecule has 1 saturated carbocycles. The van der Waals surface area contributed by atoms with Gasteiger partial charge >= 0.3 is 0 Å². The molecule has 1 atom stereocenters. The highest BCUT2D eigenvalue weighted by Gasteiger charge is 2.45. The first-order chi connectivity index (χ1) is 8.10. The summed E-state index contributed by atoms with van der Waals surface area (Å²) in [6, 6.07) is 6.59. The second kappa shape index (κ2) is 4.67. The summed E-state index contributed by atoms with van der Waals surface area (Å²) in [5, 5.41) is 3.33. The van der Waals surface area contributed by atoms with E-state index in [1.54, 1.807) is 0 Å². The van der Waals surface area contributed by atoms with E-state index in [-0.39, 0.29) is 11.6 Å². The molecule has 2 rings (SSSR count). The highest BCUT2D eigenvalue weighted by atomic mass is 16.5. The number of benzene rings is 1. The third-order valence-electron chi connectivity index (χ3n) is 3.52. The maximum Gasteiger partial charge on any atom is 0.122 e. The molecule has 3 N–H and O–H groups in total. The zero-order valence-electron chi connectivity index (χ0n) is 10.9. The van der Waals surface area contributed by atoms with E-state index in [0.717, 1.165) is 18.6 Å². The summed E-state index contributed by atoms with van der Waals surface area (Å²) < 4.78 is 5.55. The number of hydrogen-bond acceptors (Lipinski definition) is 3. The predicted molar refractivity (Wildman–Crippen MR) is 70.3 cm³/mol. The molecule has 0 amide bonds. The molecule has 0 saturated heterocycles. The fraction of sp³-hybridized carbons (Fsp3) is 0.571. The Hall–Kier alpha value is -1.06. The first-order valence-electron chi connectivity index (χ1n) is 6.30. The molecule has 1 aromatic rings. The molecule has 1 unspecified atom stereocenters. The second-order valence-electron chi connectivity index (χ2n) is 4.91. The summed E-state index contributed by atoms with van der Waals surface area (Å²) >= 11 is 0. The molecular formula is C14H22N2O. The Balaban J connectivity index is 2.24. The molecule has 0 heterocycles. The lowest BCUT2D eigenvalue weighted by atomic mass is 9.96. The van der Waals surface area contributed by atoms with Crippen molar-refractivity contribution < 1.29 is 4.74 Å².